The second-order valence-electron chi connectivity index (χ2n) is 6.44. The highest BCUT2D eigenvalue weighted by Crippen LogP contribution is 2.29. The Hall–Kier alpha value is -1.63. The Kier molecular flexibility index (Phi) is 6.81. The second kappa shape index (κ2) is 8.65. The van der Waals surface area contributed by atoms with Crippen molar-refractivity contribution in [2.45, 2.75) is 12.8 Å². The van der Waals surface area contributed by atoms with Gasteiger partial charge in [-0.05, 0) is 49.9 Å². The Morgan fingerprint density at radius 3 is 2.36 bits per heavy atom. The molecule has 0 radical (unpaired) electrons. The van der Waals surface area contributed by atoms with E-state index in [1.807, 2.05) is 17.0 Å². The number of pyridine rings is 1. The lowest BCUT2D eigenvalue weighted by Gasteiger charge is -2.20. The van der Waals surface area contributed by atoms with Gasteiger partial charge in [0.2, 0.25) is 0 Å². The van der Waals surface area contributed by atoms with E-state index < -0.39 is 0 Å². The fourth-order valence-corrected chi connectivity index (χ4v) is 3.78. The zero-order valence-corrected chi connectivity index (χ0v) is 15.5. The fraction of sp³-hybridized carbons (Fsp3) is 0.471. The van der Waals surface area contributed by atoms with Gasteiger partial charge in [-0.15, -0.1) is 24.8 Å². The first-order valence-electron chi connectivity index (χ1n) is 8.26. The van der Waals surface area contributed by atoms with Crippen LogP contribution in [0.15, 0.2) is 30.7 Å². The Bertz CT molecular complexity index is 679. The van der Waals surface area contributed by atoms with Crippen LogP contribution in [0.4, 0.5) is 0 Å². The van der Waals surface area contributed by atoms with E-state index in [2.05, 4.69) is 20.5 Å². The first kappa shape index (κ1) is 19.7. The number of carbonyl (C=O) groups excluding carboxylic acids is 1. The minimum Gasteiger partial charge on any atom is -0.339 e. The van der Waals surface area contributed by atoms with Gasteiger partial charge in [0.05, 0.1) is 17.5 Å². The monoisotopic (exact) mass is 383 g/mol. The van der Waals surface area contributed by atoms with Gasteiger partial charge < -0.3 is 10.2 Å². The summed E-state index contributed by atoms with van der Waals surface area (Å²) in [6, 6.07) is 3.78. The number of aromatic nitrogens is 3. The Balaban J connectivity index is 0.00000113. The van der Waals surface area contributed by atoms with E-state index >= 15 is 0 Å². The number of carbonyl (C=O) groups is 1. The summed E-state index contributed by atoms with van der Waals surface area (Å²) in [6.45, 7) is 3.87. The number of hydrogen-bond donors (Lipinski definition) is 2. The number of likely N-dealkylation sites (tertiary alicyclic amines) is 1. The van der Waals surface area contributed by atoms with Gasteiger partial charge in [-0.1, -0.05) is 0 Å². The van der Waals surface area contributed by atoms with Crippen LogP contribution < -0.4 is 5.32 Å². The van der Waals surface area contributed by atoms with Crippen molar-refractivity contribution in [3.63, 3.8) is 0 Å². The second-order valence-corrected chi connectivity index (χ2v) is 6.44. The molecule has 2 atom stereocenters. The molecule has 25 heavy (non-hydrogen) atoms. The van der Waals surface area contributed by atoms with Gasteiger partial charge in [-0.3, -0.25) is 14.9 Å². The molecular weight excluding hydrogens is 361 g/mol. The van der Waals surface area contributed by atoms with Crippen LogP contribution in [0.25, 0.3) is 11.3 Å². The predicted octanol–water partition coefficient (Wildman–Crippen LogP) is 2.39. The summed E-state index contributed by atoms with van der Waals surface area (Å²) in [5.74, 6) is 1.52. The molecule has 1 amide bonds. The third-order valence-electron chi connectivity index (χ3n) is 5.15. The maximum Gasteiger partial charge on any atom is 0.257 e. The molecule has 136 valence electrons. The van der Waals surface area contributed by atoms with Crippen molar-refractivity contribution in [1.29, 1.82) is 0 Å². The zero-order valence-electron chi connectivity index (χ0n) is 13.9. The van der Waals surface area contributed by atoms with Crippen LogP contribution in [-0.2, 0) is 0 Å². The van der Waals surface area contributed by atoms with E-state index in [9.17, 15) is 4.79 Å². The van der Waals surface area contributed by atoms with E-state index in [1.54, 1.807) is 18.6 Å². The van der Waals surface area contributed by atoms with Gasteiger partial charge in [0, 0.05) is 31.0 Å². The molecule has 0 bridgehead atoms. The predicted molar refractivity (Wildman–Crippen MR) is 101 cm³/mol. The summed E-state index contributed by atoms with van der Waals surface area (Å²) in [5, 5.41) is 10.5. The van der Waals surface area contributed by atoms with Crippen molar-refractivity contribution >= 4 is 30.7 Å². The van der Waals surface area contributed by atoms with E-state index in [1.165, 1.54) is 0 Å². The summed E-state index contributed by atoms with van der Waals surface area (Å²) < 4.78 is 0. The molecule has 2 aliphatic rings. The molecule has 0 saturated carbocycles. The minimum absolute atomic E-state index is 0. The zero-order chi connectivity index (χ0) is 15.6. The van der Waals surface area contributed by atoms with E-state index in [0.717, 1.165) is 62.1 Å². The summed E-state index contributed by atoms with van der Waals surface area (Å²) >= 11 is 0. The molecule has 2 aliphatic heterocycles. The molecular formula is C17H23Cl2N5O. The van der Waals surface area contributed by atoms with Crippen LogP contribution in [-0.4, -0.2) is 52.2 Å². The molecule has 4 heterocycles. The summed E-state index contributed by atoms with van der Waals surface area (Å²) in [7, 11) is 0. The van der Waals surface area contributed by atoms with Gasteiger partial charge in [-0.2, -0.15) is 5.10 Å². The molecule has 2 aromatic heterocycles. The Morgan fingerprint density at radius 1 is 1.08 bits per heavy atom. The van der Waals surface area contributed by atoms with Gasteiger partial charge in [0.25, 0.3) is 5.91 Å². The average Bonchev–Trinajstić information content (AvgIpc) is 3.21. The highest BCUT2D eigenvalue weighted by Gasteiger charge is 2.32. The van der Waals surface area contributed by atoms with Crippen molar-refractivity contribution in [3.05, 3.63) is 36.3 Å². The molecule has 0 aliphatic carbocycles. The number of rotatable bonds is 2. The Labute approximate surface area is 159 Å². The number of nitrogens with one attached hydrogen (secondary N) is 2. The molecule has 2 aromatic rings. The summed E-state index contributed by atoms with van der Waals surface area (Å²) in [4.78, 5) is 19.0. The van der Waals surface area contributed by atoms with Crippen molar-refractivity contribution in [1.82, 2.24) is 25.4 Å². The highest BCUT2D eigenvalue weighted by atomic mass is 35.5. The van der Waals surface area contributed by atoms with E-state index in [-0.39, 0.29) is 30.7 Å². The van der Waals surface area contributed by atoms with Crippen molar-refractivity contribution in [3.8, 4) is 11.3 Å². The van der Waals surface area contributed by atoms with Crippen molar-refractivity contribution in [2.24, 2.45) is 11.8 Å². The number of H-pyrrole nitrogens is 1. The quantitative estimate of drug-likeness (QED) is 0.834. The van der Waals surface area contributed by atoms with Gasteiger partial charge in [0.15, 0.2) is 0 Å². The third kappa shape index (κ3) is 3.97. The highest BCUT2D eigenvalue weighted by molar-refractivity contribution is 5.99. The van der Waals surface area contributed by atoms with Gasteiger partial charge >= 0.3 is 0 Å². The van der Waals surface area contributed by atoms with E-state index in [4.69, 9.17) is 0 Å². The number of fused-ring (bicyclic) bond motifs is 1. The van der Waals surface area contributed by atoms with Crippen LogP contribution in [0.3, 0.4) is 0 Å². The van der Waals surface area contributed by atoms with Crippen LogP contribution in [0.2, 0.25) is 0 Å². The van der Waals surface area contributed by atoms with Crippen LogP contribution >= 0.6 is 24.8 Å². The minimum atomic E-state index is 0. The molecule has 6 nitrogen and oxygen atoms in total. The molecule has 8 heteroatoms. The smallest absolute Gasteiger partial charge is 0.257 e. The lowest BCUT2D eigenvalue weighted by molar-refractivity contribution is 0.0759. The first-order chi connectivity index (χ1) is 11.3. The van der Waals surface area contributed by atoms with Crippen LogP contribution in [0, 0.1) is 11.8 Å². The standard InChI is InChI=1S/C17H21N5O.2ClH/c23-17(22-7-3-13-9-19-10-14(13)4-8-22)15-11-20-21-16(15)12-1-5-18-6-2-12;;/h1-2,5-6,11,13-14,19H,3-4,7-10H2,(H,20,21);2*1H/t13-,14+;;. The van der Waals surface area contributed by atoms with Crippen molar-refractivity contribution in [2.75, 3.05) is 26.2 Å². The summed E-state index contributed by atoms with van der Waals surface area (Å²) in [6.07, 6.45) is 7.28. The first-order valence-corrected chi connectivity index (χ1v) is 8.26. The maximum absolute atomic E-state index is 13.0. The van der Waals surface area contributed by atoms with Crippen molar-refractivity contribution < 1.29 is 4.79 Å². The topological polar surface area (TPSA) is 73.9 Å². The third-order valence-corrected chi connectivity index (χ3v) is 5.15. The number of nitrogens with zero attached hydrogens (tertiary/aromatic N) is 3. The lowest BCUT2D eigenvalue weighted by atomic mass is 9.92. The average molecular weight is 384 g/mol. The normalized spacial score (nSPS) is 22.3. The molecule has 2 N–H and O–H groups in total. The largest absolute Gasteiger partial charge is 0.339 e. The number of halogens is 2. The molecule has 0 unspecified atom stereocenters. The SMILES string of the molecule is Cl.Cl.O=C(c1cn[nH]c1-c1ccncc1)N1CC[C@@H]2CNC[C@@H]2CC1. The molecule has 4 rings (SSSR count). The number of amides is 1. The van der Waals surface area contributed by atoms with Gasteiger partial charge in [-0.25, -0.2) is 0 Å². The number of hydrogen-bond acceptors (Lipinski definition) is 4. The summed E-state index contributed by atoms with van der Waals surface area (Å²) in [5.41, 5.74) is 2.38. The fourth-order valence-electron chi connectivity index (χ4n) is 3.78. The van der Waals surface area contributed by atoms with Gasteiger partial charge in [0.1, 0.15) is 0 Å². The molecule has 0 aromatic carbocycles. The van der Waals surface area contributed by atoms with Crippen LogP contribution in [0.1, 0.15) is 23.2 Å². The molecule has 2 fully saturated rings. The number of aromatic amines is 1. The van der Waals surface area contributed by atoms with Crippen LogP contribution in [0.5, 0.6) is 0 Å². The molecule has 0 spiro atoms. The maximum atomic E-state index is 13.0. The van der Waals surface area contributed by atoms with E-state index in [0.29, 0.717) is 5.56 Å². The Morgan fingerprint density at radius 2 is 1.72 bits per heavy atom. The molecule has 2 saturated heterocycles. The lowest BCUT2D eigenvalue weighted by Crippen LogP contribution is -2.32.